The van der Waals surface area contributed by atoms with E-state index in [4.69, 9.17) is 0 Å². The minimum absolute atomic E-state index is 0. The number of hydrogen-bond donors (Lipinski definition) is 0. The molecular formula is C62H46Cl2Hf2. The van der Waals surface area contributed by atoms with Gasteiger partial charge in [0.05, 0.1) is 0 Å². The third-order valence-corrected chi connectivity index (χ3v) is 25.6. The summed E-state index contributed by atoms with van der Waals surface area (Å²) in [5, 5.41) is 0. The molecular weight excluding hydrogens is 1170 g/mol. The van der Waals surface area contributed by atoms with Crippen LogP contribution in [0.3, 0.4) is 0 Å². The quantitative estimate of drug-likeness (QED) is 0.134. The van der Waals surface area contributed by atoms with Crippen LogP contribution < -0.4 is 24.8 Å². The topological polar surface area (TPSA) is 0 Å². The molecule has 0 aliphatic heterocycles. The van der Waals surface area contributed by atoms with Crippen molar-refractivity contribution in [3.63, 3.8) is 0 Å². The zero-order valence-electron chi connectivity index (χ0n) is 36.4. The molecule has 0 aromatic heterocycles. The summed E-state index contributed by atoms with van der Waals surface area (Å²) in [6.07, 6.45) is 15.7. The van der Waals surface area contributed by atoms with Crippen LogP contribution in [0.4, 0.5) is 0 Å². The molecule has 8 aromatic rings. The summed E-state index contributed by atoms with van der Waals surface area (Å²) in [4.78, 5) is 0. The molecule has 4 aliphatic carbocycles. The van der Waals surface area contributed by atoms with Gasteiger partial charge in [-0.1, -0.05) is 0 Å². The first-order valence-corrected chi connectivity index (χ1v) is 30.2. The van der Waals surface area contributed by atoms with Crippen LogP contribution in [-0.4, -0.2) is 6.51 Å². The molecule has 0 radical (unpaired) electrons. The third-order valence-electron chi connectivity index (χ3n) is 13.0. The normalized spacial score (nSPS) is 15.2. The summed E-state index contributed by atoms with van der Waals surface area (Å²) in [6.45, 7) is 0. The largest absolute Gasteiger partial charge is 1.00 e. The van der Waals surface area contributed by atoms with Crippen molar-refractivity contribution < 1.29 is 69.7 Å². The summed E-state index contributed by atoms with van der Waals surface area (Å²) in [5.74, 6) is 0. The molecule has 0 spiro atoms. The molecule has 12 rings (SSSR count). The minimum Gasteiger partial charge on any atom is -1.00 e. The van der Waals surface area contributed by atoms with Gasteiger partial charge in [0.1, 0.15) is 0 Å². The predicted molar refractivity (Wildman–Crippen MR) is 263 cm³/mol. The smallest absolute Gasteiger partial charge is 1.00 e. The molecule has 2 unspecified atom stereocenters. The Labute approximate surface area is 424 Å². The van der Waals surface area contributed by atoms with E-state index in [1.165, 1.54) is 77.9 Å². The molecule has 0 amide bonds. The first-order valence-electron chi connectivity index (χ1n) is 22.5. The molecule has 0 bridgehead atoms. The standard InChI is InChI=1S/2C18H13.2C13H10.2ClH.2Hf/c2*1-2-7-13(6-1)15-10-5-11-17-16-9-4-3-8-14(16)12-18(15)17;2*1-3-7-12(8-4-1)11-13-9-5-2-6-10-13;;;;/h2*1-6,8-12H,7H2;2*1-10H;2*1H;;/q;;;;;;2*+1/p-2. The van der Waals surface area contributed by atoms with Crippen LogP contribution in [0, 0.1) is 0 Å². The third kappa shape index (κ3) is 9.11. The summed E-state index contributed by atoms with van der Waals surface area (Å²) < 4.78 is 4.28. The SMILES string of the molecule is C1=CCC(c2cccc3c2[CH]([Hf+]=[C](c2ccccc2)c2ccccc2)c2ccccc2-3)=C1.C1=CCC(c2cccc3c2[CH]([Hf+]=[C](c2ccccc2)c2ccccc2)c2ccccc2-3)=C1.[Cl-].[Cl-]. The molecule has 0 N–H and O–H groups in total. The van der Waals surface area contributed by atoms with Gasteiger partial charge in [-0.05, 0) is 0 Å². The fourth-order valence-corrected chi connectivity index (χ4v) is 23.1. The van der Waals surface area contributed by atoms with Crippen molar-refractivity contribution in [1.29, 1.82) is 0 Å². The zero-order chi connectivity index (χ0) is 42.7. The average Bonchev–Trinajstić information content (AvgIpc) is 4.21. The van der Waals surface area contributed by atoms with Crippen LogP contribution in [0.1, 0.15) is 75.8 Å². The number of rotatable bonds is 8. The Morgan fingerprint density at radius 3 is 0.955 bits per heavy atom. The van der Waals surface area contributed by atoms with Gasteiger partial charge in [0.25, 0.3) is 0 Å². The van der Waals surface area contributed by atoms with Crippen molar-refractivity contribution in [2.75, 3.05) is 0 Å². The van der Waals surface area contributed by atoms with E-state index in [1.807, 2.05) is 0 Å². The van der Waals surface area contributed by atoms with Crippen LogP contribution in [0.15, 0.2) is 243 Å². The Morgan fingerprint density at radius 1 is 0.318 bits per heavy atom. The van der Waals surface area contributed by atoms with Gasteiger partial charge >= 0.3 is 403 Å². The Kier molecular flexibility index (Phi) is 14.7. The van der Waals surface area contributed by atoms with E-state index in [1.54, 1.807) is 17.6 Å². The molecule has 4 aliphatic rings. The second kappa shape index (κ2) is 21.2. The van der Waals surface area contributed by atoms with Crippen molar-refractivity contribution >= 4 is 17.7 Å². The minimum atomic E-state index is -1.36. The Morgan fingerprint density at radius 2 is 0.621 bits per heavy atom. The van der Waals surface area contributed by atoms with Gasteiger partial charge in [0.15, 0.2) is 0 Å². The van der Waals surface area contributed by atoms with Gasteiger partial charge in [-0.3, -0.25) is 0 Å². The number of hydrogen-bond acceptors (Lipinski definition) is 0. The van der Waals surface area contributed by atoms with Crippen molar-refractivity contribution in [3.8, 4) is 22.3 Å². The van der Waals surface area contributed by atoms with Crippen molar-refractivity contribution in [2.24, 2.45) is 0 Å². The van der Waals surface area contributed by atoms with Crippen LogP contribution in [0.5, 0.6) is 0 Å². The zero-order valence-corrected chi connectivity index (χ0v) is 45.1. The Balaban J connectivity index is 0.000000161. The molecule has 0 fully saturated rings. The van der Waals surface area contributed by atoms with E-state index in [0.29, 0.717) is 7.35 Å². The fourth-order valence-electron chi connectivity index (χ4n) is 10.0. The summed E-state index contributed by atoms with van der Waals surface area (Å²) in [6, 6.07) is 76.4. The van der Waals surface area contributed by atoms with Crippen LogP contribution in [0.25, 0.3) is 33.4 Å². The average molecular weight is 1220 g/mol. The molecule has 0 saturated heterocycles. The van der Waals surface area contributed by atoms with Gasteiger partial charge in [-0.2, -0.15) is 0 Å². The summed E-state index contributed by atoms with van der Waals surface area (Å²) >= 11 is -2.72. The van der Waals surface area contributed by atoms with E-state index >= 15 is 0 Å². The summed E-state index contributed by atoms with van der Waals surface area (Å²) in [5.41, 5.74) is 23.4. The number of halogens is 2. The Bertz CT molecular complexity index is 2900. The van der Waals surface area contributed by atoms with Crippen molar-refractivity contribution in [2.45, 2.75) is 20.2 Å². The predicted octanol–water partition coefficient (Wildman–Crippen LogP) is 8.91. The first kappa shape index (κ1) is 45.9. The van der Waals surface area contributed by atoms with E-state index < -0.39 is 44.8 Å². The van der Waals surface area contributed by atoms with Gasteiger partial charge in [0, 0.05) is 0 Å². The van der Waals surface area contributed by atoms with Gasteiger partial charge in [0.2, 0.25) is 0 Å². The molecule has 0 saturated carbocycles. The second-order valence-corrected chi connectivity index (χ2v) is 26.5. The van der Waals surface area contributed by atoms with Crippen molar-refractivity contribution in [1.82, 2.24) is 0 Å². The molecule has 316 valence electrons. The van der Waals surface area contributed by atoms with E-state index in [-0.39, 0.29) is 24.8 Å². The van der Waals surface area contributed by atoms with Gasteiger partial charge in [-0.25, -0.2) is 0 Å². The fraction of sp³-hybridized carbons (Fsp3) is 0.0645. The van der Waals surface area contributed by atoms with E-state index in [2.05, 4.69) is 243 Å². The van der Waals surface area contributed by atoms with Crippen LogP contribution in [-0.2, 0) is 44.8 Å². The monoisotopic (exact) mass is 1220 g/mol. The number of benzene rings is 8. The number of allylic oxidation sites excluding steroid dienone is 8. The van der Waals surface area contributed by atoms with E-state index in [9.17, 15) is 0 Å². The maximum atomic E-state index is 2.38. The van der Waals surface area contributed by atoms with Crippen LogP contribution in [0.2, 0.25) is 0 Å². The van der Waals surface area contributed by atoms with Crippen LogP contribution >= 0.6 is 0 Å². The molecule has 66 heavy (non-hydrogen) atoms. The summed E-state index contributed by atoms with van der Waals surface area (Å²) in [7, 11) is 0. The van der Waals surface area contributed by atoms with Crippen molar-refractivity contribution in [3.05, 3.63) is 298 Å². The maximum Gasteiger partial charge on any atom is -1.00 e. The van der Waals surface area contributed by atoms with E-state index in [0.717, 1.165) is 12.8 Å². The van der Waals surface area contributed by atoms with Gasteiger partial charge in [-0.15, -0.1) is 0 Å². The number of fused-ring (bicyclic) bond motifs is 6. The molecule has 0 nitrogen and oxygen atoms in total. The Hall–Kier alpha value is -5.22. The molecule has 8 aromatic carbocycles. The first-order chi connectivity index (χ1) is 31.8. The maximum absolute atomic E-state index is 2.38. The molecule has 4 heteroatoms. The van der Waals surface area contributed by atoms with Gasteiger partial charge < -0.3 is 24.8 Å². The molecule has 2 atom stereocenters. The second-order valence-electron chi connectivity index (χ2n) is 16.7. The molecule has 0 heterocycles.